The molecule has 1 atom stereocenters. The predicted molar refractivity (Wildman–Crippen MR) is 83.0 cm³/mol. The third kappa shape index (κ3) is 3.90. The van der Waals surface area contributed by atoms with Crippen molar-refractivity contribution in [3.05, 3.63) is 42.2 Å². The van der Waals surface area contributed by atoms with Gasteiger partial charge in [-0.15, -0.1) is 0 Å². The van der Waals surface area contributed by atoms with Crippen molar-refractivity contribution in [3.8, 4) is 0 Å². The maximum absolute atomic E-state index is 13.2. The quantitative estimate of drug-likeness (QED) is 0.892. The molecule has 24 heavy (non-hydrogen) atoms. The van der Waals surface area contributed by atoms with E-state index in [1.54, 1.807) is 4.68 Å². The summed E-state index contributed by atoms with van der Waals surface area (Å²) in [5, 5.41) is 4.10. The van der Waals surface area contributed by atoms with Crippen molar-refractivity contribution >= 4 is 15.7 Å². The van der Waals surface area contributed by atoms with Crippen LogP contribution in [-0.4, -0.2) is 30.9 Å². The van der Waals surface area contributed by atoms with Gasteiger partial charge in [-0.1, -0.05) is 0 Å². The molecule has 1 unspecified atom stereocenters. The largest absolute Gasteiger partial charge is 0.376 e. The van der Waals surface area contributed by atoms with Gasteiger partial charge >= 0.3 is 0 Å². The van der Waals surface area contributed by atoms with E-state index in [1.165, 1.54) is 12.4 Å². The Morgan fingerprint density at radius 2 is 2.12 bits per heavy atom. The lowest BCUT2D eigenvalue weighted by atomic mass is 10.1. The molecule has 1 aliphatic heterocycles. The molecule has 6 nitrogen and oxygen atoms in total. The molecule has 1 aliphatic rings. The van der Waals surface area contributed by atoms with E-state index in [-0.39, 0.29) is 16.7 Å². The van der Waals surface area contributed by atoms with Crippen molar-refractivity contribution in [1.29, 1.82) is 0 Å². The third-order valence-electron chi connectivity index (χ3n) is 3.75. The van der Waals surface area contributed by atoms with Crippen LogP contribution < -0.4 is 4.72 Å². The van der Waals surface area contributed by atoms with E-state index in [4.69, 9.17) is 4.74 Å². The van der Waals surface area contributed by atoms with Gasteiger partial charge in [-0.05, 0) is 37.5 Å². The van der Waals surface area contributed by atoms with Crippen molar-refractivity contribution in [2.24, 2.45) is 0 Å². The van der Waals surface area contributed by atoms with Crippen LogP contribution in [0.1, 0.15) is 19.3 Å². The number of aromatic nitrogens is 2. The van der Waals surface area contributed by atoms with Crippen molar-refractivity contribution in [2.45, 2.75) is 36.8 Å². The van der Waals surface area contributed by atoms with Gasteiger partial charge < -0.3 is 4.74 Å². The first-order valence-corrected chi connectivity index (χ1v) is 9.04. The molecule has 1 aromatic heterocycles. The highest BCUT2D eigenvalue weighted by molar-refractivity contribution is 7.92. The summed E-state index contributed by atoms with van der Waals surface area (Å²) >= 11 is 0. The fourth-order valence-electron chi connectivity index (χ4n) is 2.53. The Morgan fingerprint density at radius 1 is 1.29 bits per heavy atom. The van der Waals surface area contributed by atoms with E-state index in [9.17, 15) is 17.2 Å². The first kappa shape index (κ1) is 16.8. The summed E-state index contributed by atoms with van der Waals surface area (Å²) in [6.07, 6.45) is 6.05. The third-order valence-corrected chi connectivity index (χ3v) is 5.13. The second-order valence-electron chi connectivity index (χ2n) is 5.62. The van der Waals surface area contributed by atoms with Crippen molar-refractivity contribution < 1.29 is 21.9 Å². The van der Waals surface area contributed by atoms with Crippen LogP contribution in [0.4, 0.5) is 14.5 Å². The van der Waals surface area contributed by atoms with Gasteiger partial charge in [0.25, 0.3) is 10.0 Å². The number of benzene rings is 1. The number of halogens is 2. The van der Waals surface area contributed by atoms with E-state index in [2.05, 4.69) is 9.82 Å². The number of ether oxygens (including phenoxy) is 1. The Hall–Kier alpha value is -2.00. The zero-order chi connectivity index (χ0) is 17.2. The zero-order valence-corrected chi connectivity index (χ0v) is 13.6. The average Bonchev–Trinajstić information content (AvgIpc) is 2.97. The molecule has 130 valence electrons. The van der Waals surface area contributed by atoms with E-state index in [1.807, 2.05) is 0 Å². The molecule has 1 aromatic carbocycles. The number of hydrogen-bond donors (Lipinski definition) is 1. The molecular formula is C15H17F2N3O3S. The molecule has 1 N–H and O–H groups in total. The minimum absolute atomic E-state index is 0.0642. The lowest BCUT2D eigenvalue weighted by Crippen LogP contribution is -2.24. The van der Waals surface area contributed by atoms with E-state index < -0.39 is 21.7 Å². The summed E-state index contributed by atoms with van der Waals surface area (Å²) in [6.45, 7) is 1.26. The number of nitrogens with zero attached hydrogens (tertiary/aromatic N) is 2. The summed E-state index contributed by atoms with van der Waals surface area (Å²) < 4.78 is 60.0. The molecule has 2 aromatic rings. The Labute approximate surface area is 138 Å². The first-order chi connectivity index (χ1) is 11.4. The van der Waals surface area contributed by atoms with E-state index >= 15 is 0 Å². The average molecular weight is 357 g/mol. The predicted octanol–water partition coefficient (Wildman–Crippen LogP) is 2.53. The SMILES string of the molecule is O=S(=O)(Nc1cnn(CC2CCCCO2)c1)c1ccc(F)c(F)c1. The van der Waals surface area contributed by atoms with Gasteiger partial charge in [0, 0.05) is 12.8 Å². The Morgan fingerprint density at radius 3 is 2.83 bits per heavy atom. The van der Waals surface area contributed by atoms with Gasteiger partial charge in [0.1, 0.15) is 0 Å². The van der Waals surface area contributed by atoms with Crippen LogP contribution in [0.3, 0.4) is 0 Å². The molecule has 2 heterocycles. The van der Waals surface area contributed by atoms with Crippen molar-refractivity contribution in [3.63, 3.8) is 0 Å². The van der Waals surface area contributed by atoms with Crippen LogP contribution in [0.15, 0.2) is 35.5 Å². The molecule has 1 fully saturated rings. The summed E-state index contributed by atoms with van der Waals surface area (Å²) in [4.78, 5) is -0.357. The van der Waals surface area contributed by atoms with Crippen molar-refractivity contribution in [2.75, 3.05) is 11.3 Å². The van der Waals surface area contributed by atoms with Gasteiger partial charge in [0.15, 0.2) is 11.6 Å². The number of nitrogens with one attached hydrogen (secondary N) is 1. The van der Waals surface area contributed by atoms with Gasteiger partial charge in [-0.2, -0.15) is 5.10 Å². The monoisotopic (exact) mass is 357 g/mol. The van der Waals surface area contributed by atoms with Crippen molar-refractivity contribution in [1.82, 2.24) is 9.78 Å². The lowest BCUT2D eigenvalue weighted by Gasteiger charge is -2.22. The molecule has 0 aliphatic carbocycles. The second kappa shape index (κ2) is 6.86. The molecular weight excluding hydrogens is 340 g/mol. The molecule has 3 rings (SSSR count). The maximum Gasteiger partial charge on any atom is 0.262 e. The smallest absolute Gasteiger partial charge is 0.262 e. The standard InChI is InChI=1S/C15H17F2N3O3S/c16-14-5-4-13(7-15(14)17)24(21,22)19-11-8-18-20(9-11)10-12-3-1-2-6-23-12/h4-5,7-9,12,19H,1-3,6,10H2. The number of rotatable bonds is 5. The molecule has 1 saturated heterocycles. The molecule has 0 bridgehead atoms. The summed E-state index contributed by atoms with van der Waals surface area (Å²) in [5.41, 5.74) is 0.246. The van der Waals surface area contributed by atoms with Gasteiger partial charge in [-0.25, -0.2) is 17.2 Å². The number of anilines is 1. The minimum Gasteiger partial charge on any atom is -0.376 e. The highest BCUT2D eigenvalue weighted by Crippen LogP contribution is 2.19. The summed E-state index contributed by atoms with van der Waals surface area (Å²) in [5.74, 6) is -2.32. The maximum atomic E-state index is 13.2. The van der Waals surface area contributed by atoms with Crippen LogP contribution in [0.25, 0.3) is 0 Å². The van der Waals surface area contributed by atoms with Crippen LogP contribution >= 0.6 is 0 Å². The van der Waals surface area contributed by atoms with Crippen LogP contribution in [-0.2, 0) is 21.3 Å². The second-order valence-corrected chi connectivity index (χ2v) is 7.30. The zero-order valence-electron chi connectivity index (χ0n) is 12.8. The fraction of sp³-hybridized carbons (Fsp3) is 0.400. The topological polar surface area (TPSA) is 73.2 Å². The van der Waals surface area contributed by atoms with E-state index in [0.29, 0.717) is 12.6 Å². The molecule has 0 saturated carbocycles. The summed E-state index contributed by atoms with van der Waals surface area (Å²) in [6, 6.07) is 2.41. The Kier molecular flexibility index (Phi) is 4.81. The van der Waals surface area contributed by atoms with Gasteiger partial charge in [0.2, 0.25) is 0 Å². The fourth-order valence-corrected chi connectivity index (χ4v) is 3.57. The van der Waals surface area contributed by atoms with Crippen LogP contribution in [0, 0.1) is 11.6 Å². The highest BCUT2D eigenvalue weighted by atomic mass is 32.2. The minimum atomic E-state index is -4.01. The van der Waals surface area contributed by atoms with Crippen LogP contribution in [0.5, 0.6) is 0 Å². The highest BCUT2D eigenvalue weighted by Gasteiger charge is 2.19. The lowest BCUT2D eigenvalue weighted by molar-refractivity contribution is 0.00401. The van der Waals surface area contributed by atoms with E-state index in [0.717, 1.165) is 38.0 Å². The van der Waals surface area contributed by atoms with Gasteiger partial charge in [0.05, 0.1) is 29.4 Å². The Balaban J connectivity index is 1.69. The molecule has 0 spiro atoms. The molecule has 9 heteroatoms. The number of sulfonamides is 1. The molecule has 0 amide bonds. The van der Waals surface area contributed by atoms with Crippen LogP contribution in [0.2, 0.25) is 0 Å². The first-order valence-electron chi connectivity index (χ1n) is 7.56. The Bertz CT molecular complexity index is 817. The normalized spacial score (nSPS) is 18.5. The summed E-state index contributed by atoms with van der Waals surface area (Å²) in [7, 11) is -4.01. The molecule has 0 radical (unpaired) electrons. The van der Waals surface area contributed by atoms with Gasteiger partial charge in [-0.3, -0.25) is 9.40 Å². The number of hydrogen-bond acceptors (Lipinski definition) is 4.